The van der Waals surface area contributed by atoms with Crippen molar-refractivity contribution in [2.45, 2.75) is 6.92 Å². The van der Waals surface area contributed by atoms with Gasteiger partial charge in [0.1, 0.15) is 5.75 Å². The van der Waals surface area contributed by atoms with E-state index in [0.29, 0.717) is 29.3 Å². The van der Waals surface area contributed by atoms with Gasteiger partial charge in [0, 0.05) is 18.4 Å². The molecule has 0 radical (unpaired) electrons. The predicted octanol–water partition coefficient (Wildman–Crippen LogP) is 3.09. The van der Waals surface area contributed by atoms with E-state index >= 15 is 0 Å². The maximum Gasteiger partial charge on any atom is 0.318 e. The summed E-state index contributed by atoms with van der Waals surface area (Å²) in [5, 5.41) is 7.92. The third-order valence-electron chi connectivity index (χ3n) is 3.06. The highest BCUT2D eigenvalue weighted by atomic mass is 16.5. The van der Waals surface area contributed by atoms with Crippen LogP contribution in [0.15, 0.2) is 48.5 Å². The molecule has 2 rings (SSSR count). The fourth-order valence-electron chi connectivity index (χ4n) is 1.96. The Morgan fingerprint density at radius 2 is 1.57 bits per heavy atom. The molecule has 0 unspecified atom stereocenters. The molecule has 3 amide bonds. The van der Waals surface area contributed by atoms with E-state index in [1.165, 1.54) is 0 Å². The van der Waals surface area contributed by atoms with E-state index in [1.54, 1.807) is 49.5 Å². The first-order valence-corrected chi connectivity index (χ1v) is 7.26. The summed E-state index contributed by atoms with van der Waals surface area (Å²) < 4.78 is 5.46. The van der Waals surface area contributed by atoms with Gasteiger partial charge in [-0.15, -0.1) is 0 Å². The Morgan fingerprint density at radius 3 is 2.17 bits per heavy atom. The summed E-state index contributed by atoms with van der Waals surface area (Å²) in [7, 11) is 1.54. The second-order valence-corrected chi connectivity index (χ2v) is 4.66. The first kappa shape index (κ1) is 16.4. The van der Waals surface area contributed by atoms with Gasteiger partial charge in [0.2, 0.25) is 0 Å². The van der Waals surface area contributed by atoms with Crippen LogP contribution in [0.2, 0.25) is 0 Å². The molecule has 0 aromatic heterocycles. The van der Waals surface area contributed by atoms with E-state index in [0.717, 1.165) is 0 Å². The van der Waals surface area contributed by atoms with Gasteiger partial charge in [-0.3, -0.25) is 4.79 Å². The van der Waals surface area contributed by atoms with Crippen molar-refractivity contribution < 1.29 is 14.3 Å². The van der Waals surface area contributed by atoms with E-state index in [9.17, 15) is 9.59 Å². The van der Waals surface area contributed by atoms with Crippen molar-refractivity contribution in [3.05, 3.63) is 54.1 Å². The molecule has 0 spiro atoms. The van der Waals surface area contributed by atoms with Crippen LogP contribution in [-0.2, 0) is 0 Å². The lowest BCUT2D eigenvalue weighted by Gasteiger charge is -2.11. The predicted molar refractivity (Wildman–Crippen MR) is 90.1 cm³/mol. The molecule has 2 aromatic rings. The average molecular weight is 313 g/mol. The van der Waals surface area contributed by atoms with Gasteiger partial charge in [-0.2, -0.15) is 0 Å². The molecule has 0 bridgehead atoms. The fourth-order valence-corrected chi connectivity index (χ4v) is 1.96. The minimum absolute atomic E-state index is 0.249. The van der Waals surface area contributed by atoms with Gasteiger partial charge in [-0.1, -0.05) is 12.1 Å². The van der Waals surface area contributed by atoms with Crippen LogP contribution < -0.4 is 20.7 Å². The lowest BCUT2D eigenvalue weighted by Crippen LogP contribution is -2.24. The third-order valence-corrected chi connectivity index (χ3v) is 3.06. The highest BCUT2D eigenvalue weighted by Crippen LogP contribution is 2.20. The smallest absolute Gasteiger partial charge is 0.318 e. The molecule has 3 N–H and O–H groups in total. The van der Waals surface area contributed by atoms with Crippen LogP contribution in [0.5, 0.6) is 5.75 Å². The molecular weight excluding hydrogens is 294 g/mol. The van der Waals surface area contributed by atoms with Gasteiger partial charge in [0.15, 0.2) is 0 Å². The number of para-hydroxylation sites is 1. The van der Waals surface area contributed by atoms with Crippen LogP contribution in [-0.4, -0.2) is 25.6 Å². The third kappa shape index (κ3) is 4.47. The molecule has 2 aromatic carbocycles. The van der Waals surface area contributed by atoms with Crippen molar-refractivity contribution in [3.8, 4) is 5.75 Å². The van der Waals surface area contributed by atoms with Crippen LogP contribution in [0.25, 0.3) is 0 Å². The molecule has 0 saturated carbocycles. The molecule has 0 aliphatic rings. The van der Waals surface area contributed by atoms with Crippen LogP contribution in [0.3, 0.4) is 0 Å². The van der Waals surface area contributed by atoms with Gasteiger partial charge in [0.25, 0.3) is 5.91 Å². The largest absolute Gasteiger partial charge is 0.493 e. The summed E-state index contributed by atoms with van der Waals surface area (Å²) in [6, 6.07) is 13.6. The summed E-state index contributed by atoms with van der Waals surface area (Å²) in [5.74, 6) is 0.298. The van der Waals surface area contributed by atoms with E-state index in [4.69, 9.17) is 4.74 Å². The van der Waals surface area contributed by atoms with Crippen LogP contribution in [0.4, 0.5) is 16.2 Å². The molecule has 0 atom stereocenters. The van der Waals surface area contributed by atoms with E-state index in [1.807, 2.05) is 13.0 Å². The summed E-state index contributed by atoms with van der Waals surface area (Å²) in [6.07, 6.45) is 0. The normalized spacial score (nSPS) is 9.83. The number of nitrogens with one attached hydrogen (secondary N) is 3. The fraction of sp³-hybridized carbons (Fsp3) is 0.176. The topological polar surface area (TPSA) is 79.5 Å². The van der Waals surface area contributed by atoms with Gasteiger partial charge < -0.3 is 20.7 Å². The first-order chi connectivity index (χ1) is 11.1. The van der Waals surface area contributed by atoms with Crippen molar-refractivity contribution in [1.82, 2.24) is 5.32 Å². The first-order valence-electron chi connectivity index (χ1n) is 7.26. The maximum absolute atomic E-state index is 12.3. The number of ether oxygens (including phenoxy) is 1. The quantitative estimate of drug-likeness (QED) is 0.793. The summed E-state index contributed by atoms with van der Waals surface area (Å²) in [6.45, 7) is 2.36. The molecule has 0 aliphatic carbocycles. The molecular formula is C17H19N3O3. The molecule has 0 fully saturated rings. The Hall–Kier alpha value is -3.02. The standard InChI is InChI=1S/C17H19N3O3/c1-3-23-15-7-5-4-6-14(15)16(21)19-12-8-10-13(11-9-12)20-17(22)18-2/h4-11H,3H2,1-2H3,(H,19,21)(H2,18,20,22). The summed E-state index contributed by atoms with van der Waals surface area (Å²) in [4.78, 5) is 23.6. The molecule has 0 aliphatic heterocycles. The summed E-state index contributed by atoms with van der Waals surface area (Å²) in [5.41, 5.74) is 1.74. The highest BCUT2D eigenvalue weighted by molar-refractivity contribution is 6.06. The number of carbonyl (C=O) groups excluding carboxylic acids is 2. The Morgan fingerprint density at radius 1 is 0.957 bits per heavy atom. The van der Waals surface area contributed by atoms with Crippen molar-refractivity contribution in [1.29, 1.82) is 0 Å². The van der Waals surface area contributed by atoms with Crippen LogP contribution >= 0.6 is 0 Å². The van der Waals surface area contributed by atoms with Gasteiger partial charge >= 0.3 is 6.03 Å². The van der Waals surface area contributed by atoms with Crippen molar-refractivity contribution in [3.63, 3.8) is 0 Å². The second-order valence-electron chi connectivity index (χ2n) is 4.66. The maximum atomic E-state index is 12.3. The zero-order chi connectivity index (χ0) is 16.7. The SMILES string of the molecule is CCOc1ccccc1C(=O)Nc1ccc(NC(=O)NC)cc1. The van der Waals surface area contributed by atoms with Crippen molar-refractivity contribution >= 4 is 23.3 Å². The number of amides is 3. The van der Waals surface area contributed by atoms with Crippen molar-refractivity contribution in [2.75, 3.05) is 24.3 Å². The molecule has 6 heteroatoms. The Labute approximate surface area is 134 Å². The minimum Gasteiger partial charge on any atom is -0.493 e. The van der Waals surface area contributed by atoms with Gasteiger partial charge in [-0.25, -0.2) is 4.79 Å². The Kier molecular flexibility index (Phi) is 5.57. The molecule has 0 heterocycles. The molecule has 23 heavy (non-hydrogen) atoms. The monoisotopic (exact) mass is 313 g/mol. The number of carbonyl (C=O) groups is 2. The highest BCUT2D eigenvalue weighted by Gasteiger charge is 2.12. The zero-order valence-electron chi connectivity index (χ0n) is 13.1. The molecule has 6 nitrogen and oxygen atoms in total. The second kappa shape index (κ2) is 7.84. The lowest BCUT2D eigenvalue weighted by atomic mass is 10.2. The summed E-state index contributed by atoms with van der Waals surface area (Å²) >= 11 is 0. The number of hydrogen-bond acceptors (Lipinski definition) is 3. The number of hydrogen-bond donors (Lipinski definition) is 3. The van der Waals surface area contributed by atoms with Gasteiger partial charge in [0.05, 0.1) is 12.2 Å². The van der Waals surface area contributed by atoms with Crippen molar-refractivity contribution in [2.24, 2.45) is 0 Å². The lowest BCUT2D eigenvalue weighted by molar-refractivity contribution is 0.102. The van der Waals surface area contributed by atoms with Gasteiger partial charge in [-0.05, 0) is 43.3 Å². The van der Waals surface area contributed by atoms with E-state index in [-0.39, 0.29) is 11.9 Å². The number of rotatable bonds is 5. The Bertz CT molecular complexity index is 684. The molecule has 0 saturated heterocycles. The van der Waals surface area contributed by atoms with Crippen LogP contribution in [0.1, 0.15) is 17.3 Å². The number of benzene rings is 2. The van der Waals surface area contributed by atoms with E-state index < -0.39 is 0 Å². The zero-order valence-corrected chi connectivity index (χ0v) is 13.1. The minimum atomic E-state index is -0.299. The average Bonchev–Trinajstić information content (AvgIpc) is 2.57. The van der Waals surface area contributed by atoms with E-state index in [2.05, 4.69) is 16.0 Å². The Balaban J connectivity index is 2.07. The van der Waals surface area contributed by atoms with Crippen LogP contribution in [0, 0.1) is 0 Å². The number of anilines is 2. The molecule has 120 valence electrons. The number of urea groups is 1.